The van der Waals surface area contributed by atoms with Crippen molar-refractivity contribution >= 4 is 17.3 Å². The molecule has 6 nitrogen and oxygen atoms in total. The largest absolute Gasteiger partial charge is 0.370 e. The molecular formula is C13H22N4O2. The molecule has 1 heterocycles. The molecule has 6 heteroatoms. The molecule has 0 aliphatic rings. The molecule has 0 amide bonds. The Kier molecular flexibility index (Phi) is 5.09. The van der Waals surface area contributed by atoms with E-state index < -0.39 is 4.92 Å². The summed E-state index contributed by atoms with van der Waals surface area (Å²) in [6, 6.07) is 3.12. The third-order valence-corrected chi connectivity index (χ3v) is 2.41. The minimum Gasteiger partial charge on any atom is -0.370 e. The topological polar surface area (TPSA) is 80.1 Å². The maximum absolute atomic E-state index is 11.0. The minimum atomic E-state index is -0.415. The zero-order chi connectivity index (χ0) is 14.5. The highest BCUT2D eigenvalue weighted by Gasteiger charge is 2.18. The molecule has 1 rings (SSSR count). The Labute approximate surface area is 113 Å². The molecule has 0 spiro atoms. The summed E-state index contributed by atoms with van der Waals surface area (Å²) >= 11 is 0. The van der Waals surface area contributed by atoms with E-state index in [1.807, 2.05) is 0 Å². The molecule has 19 heavy (non-hydrogen) atoms. The number of nitrogens with one attached hydrogen (secondary N) is 2. The summed E-state index contributed by atoms with van der Waals surface area (Å²) in [5, 5.41) is 17.2. The van der Waals surface area contributed by atoms with Crippen LogP contribution >= 0.6 is 0 Å². The average molecular weight is 266 g/mol. The third kappa shape index (κ3) is 5.11. The van der Waals surface area contributed by atoms with Crippen molar-refractivity contribution in [2.75, 3.05) is 23.7 Å². The van der Waals surface area contributed by atoms with E-state index in [4.69, 9.17) is 0 Å². The highest BCUT2D eigenvalue weighted by atomic mass is 16.6. The normalized spacial score (nSPS) is 11.2. The predicted molar refractivity (Wildman–Crippen MR) is 77.6 cm³/mol. The number of hydrogen-bond donors (Lipinski definition) is 2. The lowest BCUT2D eigenvalue weighted by molar-refractivity contribution is -0.384. The first-order valence-corrected chi connectivity index (χ1v) is 6.46. The van der Waals surface area contributed by atoms with Crippen molar-refractivity contribution in [2.45, 2.75) is 34.1 Å². The van der Waals surface area contributed by atoms with Gasteiger partial charge in [0.25, 0.3) is 0 Å². The molecule has 0 saturated carbocycles. The summed E-state index contributed by atoms with van der Waals surface area (Å²) in [6.45, 7) is 9.65. The number of pyridine rings is 1. The lowest BCUT2D eigenvalue weighted by Crippen LogP contribution is -2.20. The number of aromatic nitrogens is 1. The van der Waals surface area contributed by atoms with Gasteiger partial charge in [0.1, 0.15) is 5.82 Å². The number of nitro groups is 1. The summed E-state index contributed by atoms with van der Waals surface area (Å²) in [5.74, 6) is 0.977. The Balaban J connectivity index is 2.92. The molecule has 1 aromatic rings. The van der Waals surface area contributed by atoms with Crippen molar-refractivity contribution in [3.05, 3.63) is 22.2 Å². The van der Waals surface area contributed by atoms with Crippen LogP contribution in [0.2, 0.25) is 0 Å². The van der Waals surface area contributed by atoms with Crippen LogP contribution in [0, 0.1) is 15.5 Å². The Hall–Kier alpha value is -1.85. The van der Waals surface area contributed by atoms with Crippen molar-refractivity contribution in [3.63, 3.8) is 0 Å². The van der Waals surface area contributed by atoms with E-state index in [1.54, 1.807) is 6.07 Å². The van der Waals surface area contributed by atoms with Crippen LogP contribution in [0.1, 0.15) is 34.1 Å². The fraction of sp³-hybridized carbons (Fsp3) is 0.615. The molecule has 106 valence electrons. The van der Waals surface area contributed by atoms with E-state index in [0.717, 1.165) is 13.0 Å². The van der Waals surface area contributed by atoms with Gasteiger partial charge in [-0.15, -0.1) is 0 Å². The first-order valence-electron chi connectivity index (χ1n) is 6.46. The first kappa shape index (κ1) is 15.2. The standard InChI is InChI=1S/C13H22N4O2/c1-5-8-14-11-7-6-10(17(18)19)12(16-11)15-9-13(2,3)4/h6-7H,5,8-9H2,1-4H3,(H2,14,15,16). The lowest BCUT2D eigenvalue weighted by atomic mass is 9.97. The molecule has 0 aliphatic heterocycles. The third-order valence-electron chi connectivity index (χ3n) is 2.41. The van der Waals surface area contributed by atoms with E-state index in [1.165, 1.54) is 6.07 Å². The van der Waals surface area contributed by atoms with Crippen molar-refractivity contribution in [3.8, 4) is 0 Å². The van der Waals surface area contributed by atoms with Crippen molar-refractivity contribution in [1.82, 2.24) is 4.98 Å². The maximum atomic E-state index is 11.0. The fourth-order valence-corrected chi connectivity index (χ4v) is 1.43. The van der Waals surface area contributed by atoms with Gasteiger partial charge in [-0.3, -0.25) is 10.1 Å². The lowest BCUT2D eigenvalue weighted by Gasteiger charge is -2.19. The van der Waals surface area contributed by atoms with Crippen molar-refractivity contribution in [2.24, 2.45) is 5.41 Å². The second-order valence-corrected chi connectivity index (χ2v) is 5.66. The molecule has 1 aromatic heterocycles. The van der Waals surface area contributed by atoms with Gasteiger partial charge in [-0.05, 0) is 17.9 Å². The molecule has 0 saturated heterocycles. The van der Waals surface area contributed by atoms with Gasteiger partial charge < -0.3 is 10.6 Å². The summed E-state index contributed by atoms with van der Waals surface area (Å²) < 4.78 is 0. The summed E-state index contributed by atoms with van der Waals surface area (Å²) in [7, 11) is 0. The monoisotopic (exact) mass is 266 g/mol. The average Bonchev–Trinajstić information content (AvgIpc) is 2.32. The maximum Gasteiger partial charge on any atom is 0.311 e. The van der Waals surface area contributed by atoms with E-state index in [9.17, 15) is 10.1 Å². The van der Waals surface area contributed by atoms with Crippen LogP contribution in [0.4, 0.5) is 17.3 Å². The molecule has 0 bridgehead atoms. The molecule has 2 N–H and O–H groups in total. The Morgan fingerprint density at radius 3 is 2.53 bits per heavy atom. The number of rotatable bonds is 6. The van der Waals surface area contributed by atoms with Crippen LogP contribution in [0.25, 0.3) is 0 Å². The quantitative estimate of drug-likeness (QED) is 0.610. The summed E-state index contributed by atoms with van der Waals surface area (Å²) in [6.07, 6.45) is 0.976. The Bertz CT molecular complexity index is 441. The Morgan fingerprint density at radius 1 is 1.32 bits per heavy atom. The molecule has 0 radical (unpaired) electrons. The van der Waals surface area contributed by atoms with Crippen LogP contribution in [0.3, 0.4) is 0 Å². The second kappa shape index (κ2) is 6.36. The highest BCUT2D eigenvalue weighted by Crippen LogP contribution is 2.25. The van der Waals surface area contributed by atoms with E-state index in [0.29, 0.717) is 18.2 Å². The molecule has 0 aromatic carbocycles. The fourth-order valence-electron chi connectivity index (χ4n) is 1.43. The smallest absolute Gasteiger partial charge is 0.311 e. The van der Waals surface area contributed by atoms with Crippen molar-refractivity contribution < 1.29 is 4.92 Å². The molecule has 0 fully saturated rings. The summed E-state index contributed by atoms with van der Waals surface area (Å²) in [4.78, 5) is 14.8. The van der Waals surface area contributed by atoms with Gasteiger partial charge in [0.05, 0.1) is 4.92 Å². The van der Waals surface area contributed by atoms with Gasteiger partial charge in [-0.1, -0.05) is 27.7 Å². The van der Waals surface area contributed by atoms with Crippen LogP contribution in [-0.2, 0) is 0 Å². The molecule has 0 atom stereocenters. The van der Waals surface area contributed by atoms with Crippen LogP contribution in [0.15, 0.2) is 12.1 Å². The first-order chi connectivity index (χ1) is 8.83. The number of nitrogens with zero attached hydrogens (tertiary/aromatic N) is 2. The minimum absolute atomic E-state index is 0.00583. The second-order valence-electron chi connectivity index (χ2n) is 5.66. The van der Waals surface area contributed by atoms with Gasteiger partial charge in [0.15, 0.2) is 0 Å². The zero-order valence-electron chi connectivity index (χ0n) is 12.0. The SMILES string of the molecule is CCCNc1ccc([N+](=O)[O-])c(NCC(C)(C)C)n1. The van der Waals surface area contributed by atoms with Gasteiger partial charge in [-0.25, -0.2) is 4.98 Å². The summed E-state index contributed by atoms with van der Waals surface area (Å²) in [5.41, 5.74) is 0.0360. The number of hydrogen-bond acceptors (Lipinski definition) is 5. The van der Waals surface area contributed by atoms with Gasteiger partial charge in [0, 0.05) is 19.2 Å². The van der Waals surface area contributed by atoms with Gasteiger partial charge in [0.2, 0.25) is 5.82 Å². The van der Waals surface area contributed by atoms with Gasteiger partial charge in [-0.2, -0.15) is 0 Å². The van der Waals surface area contributed by atoms with Crippen LogP contribution < -0.4 is 10.6 Å². The van der Waals surface area contributed by atoms with Gasteiger partial charge >= 0.3 is 5.69 Å². The van der Waals surface area contributed by atoms with Crippen LogP contribution in [-0.4, -0.2) is 23.0 Å². The van der Waals surface area contributed by atoms with E-state index >= 15 is 0 Å². The molecule has 0 aliphatic carbocycles. The Morgan fingerprint density at radius 2 is 2.00 bits per heavy atom. The molecule has 0 unspecified atom stereocenters. The van der Waals surface area contributed by atoms with Crippen LogP contribution in [0.5, 0.6) is 0 Å². The molecular weight excluding hydrogens is 244 g/mol. The number of anilines is 2. The predicted octanol–water partition coefficient (Wildman–Crippen LogP) is 3.27. The highest BCUT2D eigenvalue weighted by molar-refractivity contribution is 5.60. The van der Waals surface area contributed by atoms with E-state index in [2.05, 4.69) is 43.3 Å². The van der Waals surface area contributed by atoms with Crippen molar-refractivity contribution in [1.29, 1.82) is 0 Å². The zero-order valence-corrected chi connectivity index (χ0v) is 12.0. The van der Waals surface area contributed by atoms with E-state index in [-0.39, 0.29) is 11.1 Å².